The summed E-state index contributed by atoms with van der Waals surface area (Å²) >= 11 is 0. The maximum absolute atomic E-state index is 14.1. The molecule has 3 aromatic heterocycles. The molecular formula is C29H38FN9O3. The van der Waals surface area contributed by atoms with Crippen LogP contribution in [-0.4, -0.2) is 80.8 Å². The monoisotopic (exact) mass is 579 g/mol. The van der Waals surface area contributed by atoms with Crippen molar-refractivity contribution in [3.05, 3.63) is 42.2 Å². The molecule has 12 nitrogen and oxygen atoms in total. The summed E-state index contributed by atoms with van der Waals surface area (Å²) in [5.74, 6) is -0.537. The van der Waals surface area contributed by atoms with E-state index in [2.05, 4.69) is 48.3 Å². The summed E-state index contributed by atoms with van der Waals surface area (Å²) < 4.78 is 21.1. The molecule has 4 heterocycles. The number of hydrogen-bond acceptors (Lipinski definition) is 9. The number of anilines is 3. The quantitative estimate of drug-likeness (QED) is 0.281. The highest BCUT2D eigenvalue weighted by Crippen LogP contribution is 2.30. The molecule has 2 aliphatic carbocycles. The number of nitrogens with zero attached hydrogens (tertiary/aromatic N) is 5. The molecule has 1 atom stereocenters. The number of alkyl carbamates (subject to hydrolysis) is 1. The zero-order valence-corrected chi connectivity index (χ0v) is 23.8. The van der Waals surface area contributed by atoms with E-state index in [-0.39, 0.29) is 29.6 Å². The van der Waals surface area contributed by atoms with E-state index in [0.717, 1.165) is 63.4 Å². The largest absolute Gasteiger partial charge is 0.449 e. The maximum atomic E-state index is 14.1. The minimum Gasteiger partial charge on any atom is -0.449 e. The molecule has 0 radical (unpaired) electrons. The van der Waals surface area contributed by atoms with Gasteiger partial charge in [0.05, 0.1) is 30.4 Å². The number of pyridine rings is 1. The molecule has 4 N–H and O–H groups in total. The lowest BCUT2D eigenvalue weighted by molar-refractivity contribution is 0.101. The van der Waals surface area contributed by atoms with Crippen molar-refractivity contribution in [2.45, 2.75) is 82.0 Å². The van der Waals surface area contributed by atoms with E-state index in [9.17, 15) is 14.0 Å². The summed E-state index contributed by atoms with van der Waals surface area (Å²) in [5, 5.41) is 17.3. The molecule has 2 saturated carbocycles. The Morgan fingerprint density at radius 1 is 1.02 bits per heavy atom. The Balaban J connectivity index is 1.06. The number of fused-ring (bicyclic) bond motifs is 1. The van der Waals surface area contributed by atoms with Crippen LogP contribution in [0.4, 0.5) is 26.4 Å². The molecule has 3 aliphatic rings. The first-order valence-electron chi connectivity index (χ1n) is 14.9. The highest BCUT2D eigenvalue weighted by molar-refractivity contribution is 6.03. The smallest absolute Gasteiger partial charge is 0.407 e. The first-order chi connectivity index (χ1) is 20.4. The average Bonchev–Trinajstić information content (AvgIpc) is 3.53. The lowest BCUT2D eigenvalue weighted by atomic mass is 9.91. The van der Waals surface area contributed by atoms with Gasteiger partial charge in [0, 0.05) is 36.4 Å². The van der Waals surface area contributed by atoms with Crippen molar-refractivity contribution in [3.63, 3.8) is 0 Å². The number of carbonyl (C=O) groups is 2. The number of ether oxygens (including phenoxy) is 1. The van der Waals surface area contributed by atoms with Crippen LogP contribution in [0.15, 0.2) is 30.7 Å². The molecule has 2 amide bonds. The molecule has 1 unspecified atom stereocenters. The highest BCUT2D eigenvalue weighted by Gasteiger charge is 2.27. The van der Waals surface area contributed by atoms with Crippen LogP contribution >= 0.6 is 0 Å². The molecule has 3 aromatic rings. The van der Waals surface area contributed by atoms with E-state index < -0.39 is 11.7 Å². The fourth-order valence-corrected chi connectivity index (χ4v) is 5.84. The number of nitrogens with one attached hydrogen (secondary N) is 4. The van der Waals surface area contributed by atoms with Crippen molar-refractivity contribution in [2.75, 3.05) is 36.1 Å². The fourth-order valence-electron chi connectivity index (χ4n) is 5.84. The first-order valence-corrected chi connectivity index (χ1v) is 14.9. The van der Waals surface area contributed by atoms with Crippen LogP contribution in [0, 0.1) is 5.82 Å². The summed E-state index contributed by atoms with van der Waals surface area (Å²) in [7, 11) is 2.12. The van der Waals surface area contributed by atoms with Gasteiger partial charge in [-0.2, -0.15) is 0 Å². The lowest BCUT2D eigenvalue weighted by Crippen LogP contribution is -2.40. The van der Waals surface area contributed by atoms with Gasteiger partial charge in [-0.05, 0) is 77.4 Å². The standard InChI is InChI=1S/C29H38FN9O3/c1-38-13-2-3-21(38)11-14-42-29(41)35-20-8-6-19(7-9-20)34-26-15-24(33-18-4-5-18)27-32-17-25(39(27)37-26)28(40)36-23-10-12-31-16-22(23)30/h10,12,15-21,33H,2-9,11,13-14H2,1H3,(H,34,37)(H,35,41)(H,31,36,40). The summed E-state index contributed by atoms with van der Waals surface area (Å²) in [6, 6.07) is 4.42. The van der Waals surface area contributed by atoms with Gasteiger partial charge in [0.25, 0.3) is 5.91 Å². The van der Waals surface area contributed by atoms with Crippen molar-refractivity contribution in [2.24, 2.45) is 0 Å². The second-order valence-corrected chi connectivity index (χ2v) is 11.6. The zero-order chi connectivity index (χ0) is 29.1. The second-order valence-electron chi connectivity index (χ2n) is 11.6. The van der Waals surface area contributed by atoms with Crippen LogP contribution in [-0.2, 0) is 4.74 Å². The SMILES string of the molecule is CN1CCCC1CCOC(=O)NC1CCC(Nc2cc(NC3CC3)c3ncc(C(=O)Nc4ccncc4F)n3n2)CC1. The van der Waals surface area contributed by atoms with Crippen molar-refractivity contribution in [1.82, 2.24) is 29.8 Å². The van der Waals surface area contributed by atoms with Crippen LogP contribution in [0.2, 0.25) is 0 Å². The number of likely N-dealkylation sites (tertiary alicyclic amines) is 1. The van der Waals surface area contributed by atoms with E-state index in [0.29, 0.717) is 30.2 Å². The van der Waals surface area contributed by atoms with Crippen molar-refractivity contribution < 1.29 is 18.7 Å². The van der Waals surface area contributed by atoms with E-state index >= 15 is 0 Å². The average molecular weight is 580 g/mol. The van der Waals surface area contributed by atoms with Gasteiger partial charge in [0.1, 0.15) is 5.82 Å². The van der Waals surface area contributed by atoms with Crippen LogP contribution in [0.25, 0.3) is 5.65 Å². The van der Waals surface area contributed by atoms with Crippen molar-refractivity contribution in [1.29, 1.82) is 0 Å². The number of amides is 2. The van der Waals surface area contributed by atoms with Gasteiger partial charge in [-0.1, -0.05) is 0 Å². The van der Waals surface area contributed by atoms with Crippen LogP contribution in [0.3, 0.4) is 0 Å². The Morgan fingerprint density at radius 3 is 2.52 bits per heavy atom. The van der Waals surface area contributed by atoms with Gasteiger partial charge in [-0.25, -0.2) is 18.7 Å². The maximum Gasteiger partial charge on any atom is 0.407 e. The molecule has 1 saturated heterocycles. The Kier molecular flexibility index (Phi) is 8.36. The Morgan fingerprint density at radius 2 is 1.79 bits per heavy atom. The molecule has 1 aliphatic heterocycles. The molecule has 0 spiro atoms. The van der Waals surface area contributed by atoms with Gasteiger partial charge in [0.15, 0.2) is 17.2 Å². The summed E-state index contributed by atoms with van der Waals surface area (Å²) in [4.78, 5) is 35.9. The molecule has 42 heavy (non-hydrogen) atoms. The zero-order valence-electron chi connectivity index (χ0n) is 23.8. The topological polar surface area (TPSA) is 138 Å². The van der Waals surface area contributed by atoms with Gasteiger partial charge < -0.3 is 30.9 Å². The minimum absolute atomic E-state index is 0.0335. The molecule has 0 bridgehead atoms. The van der Waals surface area contributed by atoms with Gasteiger partial charge in [-0.3, -0.25) is 9.78 Å². The summed E-state index contributed by atoms with van der Waals surface area (Å²) in [6.07, 6.45) is 12.3. The number of aromatic nitrogens is 4. The highest BCUT2D eigenvalue weighted by atomic mass is 19.1. The molecule has 6 rings (SSSR count). The fraction of sp³-hybridized carbons (Fsp3) is 0.552. The molecule has 0 aromatic carbocycles. The van der Waals surface area contributed by atoms with E-state index in [1.807, 2.05) is 6.07 Å². The molecule has 224 valence electrons. The van der Waals surface area contributed by atoms with Crippen molar-refractivity contribution >= 4 is 34.8 Å². The Hall–Kier alpha value is -4.00. The third-order valence-corrected chi connectivity index (χ3v) is 8.41. The predicted molar refractivity (Wildman–Crippen MR) is 156 cm³/mol. The second kappa shape index (κ2) is 12.5. The minimum atomic E-state index is -0.624. The Bertz CT molecular complexity index is 1420. The van der Waals surface area contributed by atoms with Gasteiger partial charge in [0.2, 0.25) is 0 Å². The molecule has 13 heteroatoms. The van der Waals surface area contributed by atoms with Crippen LogP contribution in [0.1, 0.15) is 68.3 Å². The third-order valence-electron chi connectivity index (χ3n) is 8.41. The van der Waals surface area contributed by atoms with E-state index in [1.165, 1.54) is 35.8 Å². The number of halogens is 1. The molecular weight excluding hydrogens is 541 g/mol. The number of imidazole rings is 1. The Labute approximate surface area is 243 Å². The van der Waals surface area contributed by atoms with E-state index in [4.69, 9.17) is 4.74 Å². The lowest BCUT2D eigenvalue weighted by Gasteiger charge is -2.30. The van der Waals surface area contributed by atoms with Gasteiger partial charge in [-0.15, -0.1) is 5.10 Å². The van der Waals surface area contributed by atoms with Crippen molar-refractivity contribution in [3.8, 4) is 0 Å². The normalized spacial score (nSPS) is 22.6. The number of rotatable bonds is 10. The van der Waals surface area contributed by atoms with Gasteiger partial charge >= 0.3 is 6.09 Å². The molecule has 3 fully saturated rings. The van der Waals surface area contributed by atoms with Crippen LogP contribution in [0.5, 0.6) is 0 Å². The first kappa shape index (κ1) is 28.1. The number of carbonyl (C=O) groups excluding carboxylic acids is 2. The summed E-state index contributed by atoms with van der Waals surface area (Å²) in [5.41, 5.74) is 1.53. The summed E-state index contributed by atoms with van der Waals surface area (Å²) in [6.45, 7) is 1.55. The predicted octanol–water partition coefficient (Wildman–Crippen LogP) is 4.02. The van der Waals surface area contributed by atoms with Crippen LogP contribution < -0.4 is 21.3 Å². The third kappa shape index (κ3) is 6.72. The van der Waals surface area contributed by atoms with E-state index in [1.54, 1.807) is 0 Å². The number of hydrogen-bond donors (Lipinski definition) is 4.